The predicted octanol–water partition coefficient (Wildman–Crippen LogP) is 3.72. The zero-order valence-corrected chi connectivity index (χ0v) is 13.6. The third-order valence-electron chi connectivity index (χ3n) is 4.14. The number of thioether (sulfide) groups is 1. The van der Waals surface area contributed by atoms with Gasteiger partial charge in [-0.1, -0.05) is 23.8 Å². The number of rotatable bonds is 4. The van der Waals surface area contributed by atoms with Crippen LogP contribution in [0.25, 0.3) is 0 Å². The topological polar surface area (TPSA) is 63.3 Å². The minimum absolute atomic E-state index is 0.303. The van der Waals surface area contributed by atoms with E-state index in [1.807, 2.05) is 11.8 Å². The summed E-state index contributed by atoms with van der Waals surface area (Å²) in [5.41, 5.74) is 8.77. The first kappa shape index (κ1) is 14.2. The zero-order chi connectivity index (χ0) is 15.1. The maximum Gasteiger partial charge on any atom is 0.131 e. The van der Waals surface area contributed by atoms with E-state index >= 15 is 0 Å². The van der Waals surface area contributed by atoms with E-state index in [2.05, 4.69) is 28.7 Å². The molecule has 2 aliphatic heterocycles. The summed E-state index contributed by atoms with van der Waals surface area (Å²) in [6.45, 7) is 0.740. The number of anilines is 2. The van der Waals surface area contributed by atoms with E-state index < -0.39 is 0 Å². The summed E-state index contributed by atoms with van der Waals surface area (Å²) in [7, 11) is 0. The van der Waals surface area contributed by atoms with Crippen LogP contribution >= 0.6 is 23.4 Å². The number of aromatic nitrogens is 1. The molecule has 3 N–H and O–H groups in total. The fraction of sp³-hybridized carbons (Fsp3) is 0.375. The van der Waals surface area contributed by atoms with E-state index in [0.717, 1.165) is 18.2 Å². The molecule has 0 bridgehead atoms. The Morgan fingerprint density at radius 2 is 2.23 bits per heavy atom. The molecule has 114 valence electrons. The number of hydrogen-bond donors (Lipinski definition) is 2. The second-order valence-electron chi connectivity index (χ2n) is 5.89. The van der Waals surface area contributed by atoms with Gasteiger partial charge < -0.3 is 11.1 Å². The molecular weight excluding hydrogens is 316 g/mol. The minimum Gasteiger partial charge on any atom is -0.396 e. The number of nitrogen functional groups attached to an aromatic ring is 1. The van der Waals surface area contributed by atoms with E-state index in [4.69, 9.17) is 22.3 Å². The van der Waals surface area contributed by atoms with Crippen LogP contribution in [0.2, 0.25) is 5.15 Å². The van der Waals surface area contributed by atoms with Crippen LogP contribution in [-0.4, -0.2) is 23.1 Å². The fourth-order valence-corrected chi connectivity index (χ4v) is 4.08. The third kappa shape index (κ3) is 2.88. The fourth-order valence-electron chi connectivity index (χ4n) is 2.79. The molecule has 0 radical (unpaired) electrons. The van der Waals surface area contributed by atoms with Crippen molar-refractivity contribution in [3.05, 3.63) is 40.0 Å². The Balaban J connectivity index is 1.43. The first-order valence-electron chi connectivity index (χ1n) is 7.46. The molecule has 4 nitrogen and oxygen atoms in total. The van der Waals surface area contributed by atoms with Crippen molar-refractivity contribution in [3.8, 4) is 0 Å². The minimum atomic E-state index is 0.303. The van der Waals surface area contributed by atoms with Gasteiger partial charge in [-0.25, -0.2) is 4.98 Å². The second kappa shape index (κ2) is 5.63. The van der Waals surface area contributed by atoms with Crippen molar-refractivity contribution in [1.82, 2.24) is 4.98 Å². The number of dihydropyridines is 1. The summed E-state index contributed by atoms with van der Waals surface area (Å²) in [6, 6.07) is 1.76. The number of halogens is 1. The third-order valence-corrected chi connectivity index (χ3v) is 5.61. The molecule has 4 rings (SSSR count). The molecular formula is C16H17ClN4S. The smallest absolute Gasteiger partial charge is 0.131 e. The predicted molar refractivity (Wildman–Crippen MR) is 94.4 cm³/mol. The number of hydrogen-bond acceptors (Lipinski definition) is 5. The van der Waals surface area contributed by atoms with E-state index in [1.165, 1.54) is 23.3 Å². The number of fused-ring (bicyclic) bond motifs is 1. The van der Waals surface area contributed by atoms with Gasteiger partial charge in [0.1, 0.15) is 10.5 Å². The number of aliphatic imine (C=N–C) groups is 1. The Labute approximate surface area is 138 Å². The standard InChI is InChI=1S/C16H17ClN4S/c17-15-5-14(13(18)8-20-15)19-7-12-4-10-3-11(9-1-2-9)6-21-16(10)22-12/h3-6,8-10,16H,1-2,7,18H2,(H,19,20). The summed E-state index contributed by atoms with van der Waals surface area (Å²) >= 11 is 7.73. The largest absolute Gasteiger partial charge is 0.396 e. The molecule has 1 aromatic rings. The normalized spacial score (nSPS) is 26.4. The molecule has 0 spiro atoms. The lowest BCUT2D eigenvalue weighted by molar-refractivity contribution is 0.758. The molecule has 2 unspecified atom stereocenters. The van der Waals surface area contributed by atoms with Gasteiger partial charge in [-0.05, 0) is 24.3 Å². The van der Waals surface area contributed by atoms with Gasteiger partial charge >= 0.3 is 0 Å². The Morgan fingerprint density at radius 1 is 1.36 bits per heavy atom. The highest BCUT2D eigenvalue weighted by Gasteiger charge is 2.33. The molecule has 22 heavy (non-hydrogen) atoms. The molecule has 1 aliphatic carbocycles. The van der Waals surface area contributed by atoms with Crippen LogP contribution in [-0.2, 0) is 0 Å². The van der Waals surface area contributed by atoms with Gasteiger partial charge in [-0.2, -0.15) is 0 Å². The molecule has 1 saturated carbocycles. The molecule has 0 aromatic carbocycles. The average molecular weight is 333 g/mol. The van der Waals surface area contributed by atoms with E-state index in [1.54, 1.807) is 12.3 Å². The SMILES string of the molecule is Nc1cnc(Cl)cc1NCC1=CC2C=C(C3CC3)C=NC2S1. The first-order chi connectivity index (χ1) is 10.7. The van der Waals surface area contributed by atoms with Gasteiger partial charge in [-0.3, -0.25) is 4.99 Å². The highest BCUT2D eigenvalue weighted by molar-refractivity contribution is 8.04. The molecule has 1 aromatic heterocycles. The van der Waals surface area contributed by atoms with Crippen molar-refractivity contribution in [2.45, 2.75) is 18.2 Å². The monoisotopic (exact) mass is 332 g/mol. The highest BCUT2D eigenvalue weighted by atomic mass is 35.5. The summed E-state index contributed by atoms with van der Waals surface area (Å²) in [4.78, 5) is 9.97. The van der Waals surface area contributed by atoms with Gasteiger partial charge in [0.2, 0.25) is 0 Å². The number of pyridine rings is 1. The first-order valence-corrected chi connectivity index (χ1v) is 8.72. The summed E-state index contributed by atoms with van der Waals surface area (Å²) in [5, 5.41) is 4.09. The zero-order valence-electron chi connectivity index (χ0n) is 12.0. The van der Waals surface area contributed by atoms with Gasteiger partial charge in [0.15, 0.2) is 0 Å². The highest BCUT2D eigenvalue weighted by Crippen LogP contribution is 2.44. The van der Waals surface area contributed by atoms with Crippen LogP contribution in [0, 0.1) is 11.8 Å². The lowest BCUT2D eigenvalue weighted by Gasteiger charge is -2.17. The Bertz CT molecular complexity index is 693. The van der Waals surface area contributed by atoms with Crippen LogP contribution in [0.3, 0.4) is 0 Å². The van der Waals surface area contributed by atoms with Gasteiger partial charge in [-0.15, -0.1) is 11.8 Å². The lowest BCUT2D eigenvalue weighted by atomic mass is 10.00. The van der Waals surface area contributed by atoms with E-state index in [0.29, 0.717) is 22.1 Å². The summed E-state index contributed by atoms with van der Waals surface area (Å²) in [6.07, 6.45) is 11.0. The molecule has 3 heterocycles. The Hall–Kier alpha value is -1.46. The van der Waals surface area contributed by atoms with E-state index in [-0.39, 0.29) is 0 Å². The second-order valence-corrected chi connectivity index (χ2v) is 7.52. The Kier molecular flexibility index (Phi) is 3.62. The van der Waals surface area contributed by atoms with Gasteiger partial charge in [0.05, 0.1) is 17.6 Å². The van der Waals surface area contributed by atoms with Crippen molar-refractivity contribution in [2.75, 3.05) is 17.6 Å². The van der Waals surface area contributed by atoms with Crippen LogP contribution < -0.4 is 11.1 Å². The van der Waals surface area contributed by atoms with Crippen molar-refractivity contribution in [1.29, 1.82) is 0 Å². The quantitative estimate of drug-likeness (QED) is 0.825. The molecule has 2 atom stereocenters. The molecule has 1 fully saturated rings. The summed E-state index contributed by atoms with van der Waals surface area (Å²) in [5.74, 6) is 1.20. The Morgan fingerprint density at radius 3 is 3.05 bits per heavy atom. The number of allylic oxidation sites excluding steroid dienone is 1. The number of nitrogens with zero attached hydrogens (tertiary/aromatic N) is 2. The van der Waals surface area contributed by atoms with Crippen molar-refractivity contribution < 1.29 is 0 Å². The van der Waals surface area contributed by atoms with Crippen molar-refractivity contribution >= 4 is 41.0 Å². The van der Waals surface area contributed by atoms with Crippen LogP contribution in [0.4, 0.5) is 11.4 Å². The van der Waals surface area contributed by atoms with Crippen LogP contribution in [0.5, 0.6) is 0 Å². The number of nitrogens with one attached hydrogen (secondary N) is 1. The van der Waals surface area contributed by atoms with Crippen LogP contribution in [0.1, 0.15) is 12.8 Å². The van der Waals surface area contributed by atoms with Crippen molar-refractivity contribution in [3.63, 3.8) is 0 Å². The maximum absolute atomic E-state index is 5.91. The lowest BCUT2D eigenvalue weighted by Crippen LogP contribution is -2.13. The average Bonchev–Trinajstić information content (AvgIpc) is 3.28. The van der Waals surface area contributed by atoms with Gasteiger partial charge in [0, 0.05) is 29.6 Å². The van der Waals surface area contributed by atoms with Gasteiger partial charge in [0.25, 0.3) is 0 Å². The number of nitrogens with two attached hydrogens (primary N) is 1. The maximum atomic E-state index is 5.91. The molecule has 3 aliphatic rings. The molecule has 0 amide bonds. The van der Waals surface area contributed by atoms with Crippen LogP contribution in [0.15, 0.2) is 39.9 Å². The van der Waals surface area contributed by atoms with Crippen molar-refractivity contribution in [2.24, 2.45) is 16.8 Å². The summed E-state index contributed by atoms with van der Waals surface area (Å²) < 4.78 is 0. The molecule has 0 saturated heterocycles. The van der Waals surface area contributed by atoms with E-state index in [9.17, 15) is 0 Å². The molecule has 6 heteroatoms.